The van der Waals surface area contributed by atoms with Crippen molar-refractivity contribution in [2.45, 2.75) is 44.6 Å². The van der Waals surface area contributed by atoms with Gasteiger partial charge in [0, 0.05) is 19.0 Å². The molecule has 0 radical (unpaired) electrons. The van der Waals surface area contributed by atoms with Crippen molar-refractivity contribution in [3.8, 4) is 0 Å². The zero-order valence-electron chi connectivity index (χ0n) is 11.2. The second-order valence-electron chi connectivity index (χ2n) is 5.64. The summed E-state index contributed by atoms with van der Waals surface area (Å²) in [6, 6.07) is 6.84. The Hall–Kier alpha value is -1.35. The molecule has 0 aliphatic heterocycles. The molecule has 96 valence electrons. The van der Waals surface area contributed by atoms with Gasteiger partial charge in [0.15, 0.2) is 0 Å². The lowest BCUT2D eigenvalue weighted by Crippen LogP contribution is -2.27. The first-order valence-corrected chi connectivity index (χ1v) is 6.83. The van der Waals surface area contributed by atoms with Crippen molar-refractivity contribution in [3.63, 3.8) is 0 Å². The first kappa shape index (κ1) is 11.7. The summed E-state index contributed by atoms with van der Waals surface area (Å²) in [6.07, 6.45) is 4.70. The van der Waals surface area contributed by atoms with E-state index in [1.165, 1.54) is 36.2 Å². The molecule has 2 unspecified atom stereocenters. The second-order valence-corrected chi connectivity index (χ2v) is 5.64. The molecule has 3 rings (SSSR count). The van der Waals surface area contributed by atoms with E-state index in [4.69, 9.17) is 10.7 Å². The van der Waals surface area contributed by atoms with Gasteiger partial charge in [0.25, 0.3) is 0 Å². The van der Waals surface area contributed by atoms with Crippen LogP contribution in [0.1, 0.15) is 43.0 Å². The molecule has 3 heteroatoms. The fraction of sp³-hybridized carbons (Fsp3) is 0.533. The van der Waals surface area contributed by atoms with Crippen molar-refractivity contribution in [3.05, 3.63) is 29.6 Å². The Morgan fingerprint density at radius 2 is 2.17 bits per heavy atom. The van der Waals surface area contributed by atoms with Crippen LogP contribution in [0, 0.1) is 6.92 Å². The zero-order chi connectivity index (χ0) is 12.7. The lowest BCUT2D eigenvalue weighted by atomic mass is 9.85. The van der Waals surface area contributed by atoms with Crippen LogP contribution in [0.4, 0.5) is 0 Å². The molecule has 2 N–H and O–H groups in total. The summed E-state index contributed by atoms with van der Waals surface area (Å²) in [5.41, 5.74) is 9.71. The number of fused-ring (bicyclic) bond motifs is 1. The molecule has 2 aromatic rings. The van der Waals surface area contributed by atoms with E-state index in [0.717, 1.165) is 11.9 Å². The first-order valence-electron chi connectivity index (χ1n) is 6.83. The molecular formula is C15H21N3. The summed E-state index contributed by atoms with van der Waals surface area (Å²) >= 11 is 0. The van der Waals surface area contributed by atoms with Crippen LogP contribution in [0.15, 0.2) is 18.2 Å². The topological polar surface area (TPSA) is 43.8 Å². The average Bonchev–Trinajstić information content (AvgIpc) is 2.66. The van der Waals surface area contributed by atoms with E-state index in [9.17, 15) is 0 Å². The molecule has 0 bridgehead atoms. The minimum atomic E-state index is 0.352. The molecule has 1 aromatic heterocycles. The Balaban J connectivity index is 2.03. The molecule has 0 saturated heterocycles. The van der Waals surface area contributed by atoms with Crippen LogP contribution in [-0.2, 0) is 7.05 Å². The fourth-order valence-corrected chi connectivity index (χ4v) is 3.16. The van der Waals surface area contributed by atoms with Crippen LogP contribution in [0.25, 0.3) is 11.0 Å². The molecule has 0 spiro atoms. The average molecular weight is 243 g/mol. The maximum atomic E-state index is 6.09. The van der Waals surface area contributed by atoms with Gasteiger partial charge in [-0.25, -0.2) is 4.98 Å². The van der Waals surface area contributed by atoms with Crippen molar-refractivity contribution in [2.75, 3.05) is 0 Å². The summed E-state index contributed by atoms with van der Waals surface area (Å²) in [5, 5.41) is 0. The minimum Gasteiger partial charge on any atom is -0.331 e. The van der Waals surface area contributed by atoms with Gasteiger partial charge in [0.1, 0.15) is 5.82 Å². The number of aryl methyl sites for hydroxylation is 2. The van der Waals surface area contributed by atoms with E-state index in [1.54, 1.807) is 0 Å². The van der Waals surface area contributed by atoms with E-state index in [2.05, 4.69) is 36.7 Å². The number of hydrogen-bond donors (Lipinski definition) is 1. The van der Waals surface area contributed by atoms with Crippen LogP contribution >= 0.6 is 0 Å². The maximum absolute atomic E-state index is 6.09. The minimum absolute atomic E-state index is 0.352. The van der Waals surface area contributed by atoms with E-state index in [-0.39, 0.29) is 0 Å². The highest BCUT2D eigenvalue weighted by atomic mass is 15.1. The molecule has 1 aliphatic carbocycles. The van der Waals surface area contributed by atoms with Crippen LogP contribution in [0.2, 0.25) is 0 Å². The third-order valence-electron chi connectivity index (χ3n) is 4.15. The molecule has 1 saturated carbocycles. The molecule has 2 atom stereocenters. The maximum Gasteiger partial charge on any atom is 0.112 e. The molecule has 1 aliphatic rings. The number of benzene rings is 1. The van der Waals surface area contributed by atoms with Gasteiger partial charge < -0.3 is 10.3 Å². The zero-order valence-corrected chi connectivity index (χ0v) is 11.2. The van der Waals surface area contributed by atoms with Crippen molar-refractivity contribution < 1.29 is 0 Å². The molecule has 3 nitrogen and oxygen atoms in total. The van der Waals surface area contributed by atoms with Crippen LogP contribution in [-0.4, -0.2) is 15.6 Å². The lowest BCUT2D eigenvalue weighted by Gasteiger charge is -2.26. The highest BCUT2D eigenvalue weighted by molar-refractivity contribution is 5.76. The highest BCUT2D eigenvalue weighted by Gasteiger charge is 2.24. The number of hydrogen-bond acceptors (Lipinski definition) is 2. The van der Waals surface area contributed by atoms with Gasteiger partial charge in [-0.3, -0.25) is 0 Å². The number of nitrogens with zero attached hydrogens (tertiary/aromatic N) is 2. The number of rotatable bonds is 1. The third kappa shape index (κ3) is 1.93. The third-order valence-corrected chi connectivity index (χ3v) is 4.15. The van der Waals surface area contributed by atoms with Crippen LogP contribution in [0.3, 0.4) is 0 Å². The molecule has 1 aromatic carbocycles. The van der Waals surface area contributed by atoms with Gasteiger partial charge in [-0.1, -0.05) is 12.5 Å². The smallest absolute Gasteiger partial charge is 0.112 e. The van der Waals surface area contributed by atoms with E-state index >= 15 is 0 Å². The SMILES string of the molecule is Cc1ccc2c(c1)nc(C1CCCC(N)C1)n2C. The van der Waals surface area contributed by atoms with E-state index in [0.29, 0.717) is 12.0 Å². The summed E-state index contributed by atoms with van der Waals surface area (Å²) in [7, 11) is 2.13. The largest absolute Gasteiger partial charge is 0.331 e. The van der Waals surface area contributed by atoms with Gasteiger partial charge in [0.05, 0.1) is 11.0 Å². The summed E-state index contributed by atoms with van der Waals surface area (Å²) in [4.78, 5) is 4.84. The van der Waals surface area contributed by atoms with Gasteiger partial charge in [-0.15, -0.1) is 0 Å². The summed E-state index contributed by atoms with van der Waals surface area (Å²) < 4.78 is 2.25. The van der Waals surface area contributed by atoms with Crippen molar-refractivity contribution in [2.24, 2.45) is 12.8 Å². The van der Waals surface area contributed by atoms with Crippen molar-refractivity contribution in [1.82, 2.24) is 9.55 Å². The normalized spacial score (nSPS) is 24.6. The second kappa shape index (κ2) is 4.39. The molecule has 1 fully saturated rings. The predicted molar refractivity (Wildman–Crippen MR) is 74.6 cm³/mol. The van der Waals surface area contributed by atoms with Gasteiger partial charge in [-0.2, -0.15) is 0 Å². The van der Waals surface area contributed by atoms with Crippen molar-refractivity contribution in [1.29, 1.82) is 0 Å². The Kier molecular flexibility index (Phi) is 2.86. The highest BCUT2D eigenvalue weighted by Crippen LogP contribution is 2.33. The molecule has 0 amide bonds. The molecule has 1 heterocycles. The predicted octanol–water partition coefficient (Wildman–Crippen LogP) is 2.87. The number of imidazole rings is 1. The Bertz CT molecular complexity index is 570. The summed E-state index contributed by atoms with van der Waals surface area (Å²) in [6.45, 7) is 2.12. The standard InChI is InChI=1S/C15H21N3/c1-10-6-7-14-13(8-10)17-15(18(14)2)11-4-3-5-12(16)9-11/h6-8,11-12H,3-5,9,16H2,1-2H3. The Labute approximate surface area is 108 Å². The monoisotopic (exact) mass is 243 g/mol. The van der Waals surface area contributed by atoms with E-state index in [1.807, 2.05) is 0 Å². The molecular weight excluding hydrogens is 222 g/mol. The first-order chi connectivity index (χ1) is 8.65. The van der Waals surface area contributed by atoms with Gasteiger partial charge in [0.2, 0.25) is 0 Å². The Morgan fingerprint density at radius 3 is 2.94 bits per heavy atom. The Morgan fingerprint density at radius 1 is 1.33 bits per heavy atom. The van der Waals surface area contributed by atoms with Gasteiger partial charge >= 0.3 is 0 Å². The fourth-order valence-electron chi connectivity index (χ4n) is 3.16. The summed E-state index contributed by atoms with van der Waals surface area (Å²) in [5.74, 6) is 1.75. The van der Waals surface area contributed by atoms with Crippen LogP contribution in [0.5, 0.6) is 0 Å². The number of aromatic nitrogens is 2. The number of nitrogens with two attached hydrogens (primary N) is 1. The van der Waals surface area contributed by atoms with Crippen molar-refractivity contribution >= 4 is 11.0 Å². The lowest BCUT2D eigenvalue weighted by molar-refractivity contribution is 0.378. The quantitative estimate of drug-likeness (QED) is 0.837. The molecule has 18 heavy (non-hydrogen) atoms. The van der Waals surface area contributed by atoms with E-state index < -0.39 is 0 Å². The van der Waals surface area contributed by atoms with Crippen LogP contribution < -0.4 is 5.73 Å². The van der Waals surface area contributed by atoms with Gasteiger partial charge in [-0.05, 0) is 43.9 Å².